The van der Waals surface area contributed by atoms with E-state index in [0.717, 1.165) is 5.56 Å². The lowest BCUT2D eigenvalue weighted by atomic mass is 10.2. The number of aliphatic carboxylic acids is 1. The smallest absolute Gasteiger partial charge is 0.341 e. The summed E-state index contributed by atoms with van der Waals surface area (Å²) in [6.45, 7) is 2.58. The number of rotatable bonds is 8. The molecule has 1 aromatic rings. The Balaban J connectivity index is 2.13. The van der Waals surface area contributed by atoms with E-state index in [1.165, 1.54) is 12.8 Å². The Labute approximate surface area is 122 Å². The van der Waals surface area contributed by atoms with Crippen molar-refractivity contribution in [3.63, 3.8) is 0 Å². The molecule has 0 aliphatic heterocycles. The average molecular weight is 300 g/mol. The predicted molar refractivity (Wildman–Crippen MR) is 75.6 cm³/mol. The van der Waals surface area contributed by atoms with Gasteiger partial charge in [0.25, 0.3) is 0 Å². The van der Waals surface area contributed by atoms with Gasteiger partial charge >= 0.3 is 5.97 Å². The maximum absolute atomic E-state index is 10.6. The molecule has 0 heterocycles. The van der Waals surface area contributed by atoms with Gasteiger partial charge in [-0.3, -0.25) is 0 Å². The number of carboxylic acid groups (broad SMARTS) is 1. The maximum atomic E-state index is 10.6. The van der Waals surface area contributed by atoms with Gasteiger partial charge < -0.3 is 19.9 Å². The topological polar surface area (TPSA) is 67.8 Å². The Kier molecular flexibility index (Phi) is 5.09. The van der Waals surface area contributed by atoms with Crippen LogP contribution in [0.4, 0.5) is 0 Å². The second-order valence-corrected chi connectivity index (χ2v) is 5.08. The standard InChI is InChI=1S/C14H18ClNO4/c1-2-19-12-6-9(7-16-10-3-4-10)5-11(15)14(12)20-8-13(17)18/h5-6,10,16H,2-4,7-8H2,1H3,(H,17,18). The summed E-state index contributed by atoms with van der Waals surface area (Å²) < 4.78 is 10.7. The van der Waals surface area contributed by atoms with Gasteiger partial charge in [-0.15, -0.1) is 0 Å². The molecule has 1 fully saturated rings. The van der Waals surface area contributed by atoms with Crippen LogP contribution in [0.3, 0.4) is 0 Å². The van der Waals surface area contributed by atoms with Crippen LogP contribution in [0.25, 0.3) is 0 Å². The summed E-state index contributed by atoms with van der Waals surface area (Å²) in [6, 6.07) is 4.21. The first-order valence-electron chi connectivity index (χ1n) is 6.63. The van der Waals surface area contributed by atoms with Crippen LogP contribution >= 0.6 is 11.6 Å². The highest BCUT2D eigenvalue weighted by Gasteiger charge is 2.21. The molecule has 0 bridgehead atoms. The fraction of sp³-hybridized carbons (Fsp3) is 0.500. The fourth-order valence-corrected chi connectivity index (χ4v) is 2.10. The summed E-state index contributed by atoms with van der Waals surface area (Å²) in [7, 11) is 0. The van der Waals surface area contributed by atoms with E-state index in [0.29, 0.717) is 30.0 Å². The van der Waals surface area contributed by atoms with E-state index in [2.05, 4.69) is 5.32 Å². The second kappa shape index (κ2) is 6.81. The predicted octanol–water partition coefficient (Wildman–Crippen LogP) is 2.45. The molecule has 0 amide bonds. The molecule has 0 saturated heterocycles. The van der Waals surface area contributed by atoms with Gasteiger partial charge in [0, 0.05) is 12.6 Å². The molecule has 0 aromatic heterocycles. The Bertz CT molecular complexity index is 488. The lowest BCUT2D eigenvalue weighted by molar-refractivity contribution is -0.139. The van der Waals surface area contributed by atoms with Crippen molar-refractivity contribution in [2.45, 2.75) is 32.4 Å². The van der Waals surface area contributed by atoms with Crippen LogP contribution in [0, 0.1) is 0 Å². The Morgan fingerprint density at radius 3 is 2.80 bits per heavy atom. The lowest BCUT2D eigenvalue weighted by Gasteiger charge is -2.14. The summed E-state index contributed by atoms with van der Waals surface area (Å²) in [5.41, 5.74) is 0.994. The molecular formula is C14H18ClNO4. The minimum Gasteiger partial charge on any atom is -0.490 e. The molecule has 1 saturated carbocycles. The van der Waals surface area contributed by atoms with Crippen molar-refractivity contribution in [1.29, 1.82) is 0 Å². The van der Waals surface area contributed by atoms with Crippen molar-refractivity contribution in [3.8, 4) is 11.5 Å². The van der Waals surface area contributed by atoms with Gasteiger partial charge in [-0.1, -0.05) is 11.6 Å². The number of nitrogens with one attached hydrogen (secondary N) is 1. The van der Waals surface area contributed by atoms with Gasteiger partial charge in [0.1, 0.15) is 0 Å². The van der Waals surface area contributed by atoms with E-state index >= 15 is 0 Å². The van der Waals surface area contributed by atoms with Crippen molar-refractivity contribution in [2.75, 3.05) is 13.2 Å². The molecule has 20 heavy (non-hydrogen) atoms. The molecule has 1 aliphatic rings. The number of ether oxygens (including phenoxy) is 2. The highest BCUT2D eigenvalue weighted by molar-refractivity contribution is 6.32. The van der Waals surface area contributed by atoms with Crippen LogP contribution in [-0.2, 0) is 11.3 Å². The first-order chi connectivity index (χ1) is 9.60. The highest BCUT2D eigenvalue weighted by Crippen LogP contribution is 2.37. The summed E-state index contributed by atoms with van der Waals surface area (Å²) in [6.07, 6.45) is 2.43. The molecule has 0 atom stereocenters. The zero-order chi connectivity index (χ0) is 14.5. The van der Waals surface area contributed by atoms with E-state index in [1.807, 2.05) is 13.0 Å². The SMILES string of the molecule is CCOc1cc(CNC2CC2)cc(Cl)c1OCC(=O)O. The monoisotopic (exact) mass is 299 g/mol. The van der Waals surface area contributed by atoms with Gasteiger partial charge in [0.05, 0.1) is 11.6 Å². The zero-order valence-corrected chi connectivity index (χ0v) is 12.1. The van der Waals surface area contributed by atoms with E-state index in [9.17, 15) is 4.79 Å². The molecule has 6 heteroatoms. The van der Waals surface area contributed by atoms with Crippen LogP contribution in [0.2, 0.25) is 5.02 Å². The number of benzene rings is 1. The van der Waals surface area contributed by atoms with E-state index in [1.54, 1.807) is 6.07 Å². The Morgan fingerprint density at radius 1 is 1.45 bits per heavy atom. The molecular weight excluding hydrogens is 282 g/mol. The lowest BCUT2D eigenvalue weighted by Crippen LogP contribution is -2.16. The normalized spacial score (nSPS) is 14.1. The van der Waals surface area contributed by atoms with Crippen molar-refractivity contribution in [1.82, 2.24) is 5.32 Å². The first-order valence-corrected chi connectivity index (χ1v) is 7.01. The molecule has 2 rings (SSSR count). The van der Waals surface area contributed by atoms with Crippen LogP contribution < -0.4 is 14.8 Å². The summed E-state index contributed by atoms with van der Waals surface area (Å²) in [4.78, 5) is 10.6. The van der Waals surface area contributed by atoms with Crippen LogP contribution in [0.15, 0.2) is 12.1 Å². The van der Waals surface area contributed by atoms with Crippen LogP contribution in [0.1, 0.15) is 25.3 Å². The number of halogens is 1. The molecule has 5 nitrogen and oxygen atoms in total. The van der Waals surface area contributed by atoms with E-state index < -0.39 is 12.6 Å². The van der Waals surface area contributed by atoms with Crippen LogP contribution in [0.5, 0.6) is 11.5 Å². The first kappa shape index (κ1) is 14.9. The van der Waals surface area contributed by atoms with Gasteiger partial charge in [0.2, 0.25) is 0 Å². The minimum atomic E-state index is -1.05. The molecule has 1 aliphatic carbocycles. The third kappa shape index (κ3) is 4.28. The Morgan fingerprint density at radius 2 is 2.20 bits per heavy atom. The van der Waals surface area contributed by atoms with Crippen molar-refractivity contribution in [2.24, 2.45) is 0 Å². The molecule has 2 N–H and O–H groups in total. The van der Waals surface area contributed by atoms with Crippen LogP contribution in [-0.4, -0.2) is 30.3 Å². The highest BCUT2D eigenvalue weighted by atomic mass is 35.5. The number of hydrogen-bond acceptors (Lipinski definition) is 4. The number of carbonyl (C=O) groups is 1. The van der Waals surface area contributed by atoms with Gasteiger partial charge in [-0.2, -0.15) is 0 Å². The summed E-state index contributed by atoms with van der Waals surface area (Å²) >= 11 is 6.16. The number of hydrogen-bond donors (Lipinski definition) is 2. The molecule has 110 valence electrons. The second-order valence-electron chi connectivity index (χ2n) is 4.68. The fourth-order valence-electron chi connectivity index (χ4n) is 1.81. The van der Waals surface area contributed by atoms with Crippen molar-refractivity contribution >= 4 is 17.6 Å². The average Bonchev–Trinajstić information content (AvgIpc) is 3.19. The third-order valence-corrected chi connectivity index (χ3v) is 3.16. The summed E-state index contributed by atoms with van der Waals surface area (Å²) in [5.74, 6) is -0.289. The molecule has 0 radical (unpaired) electrons. The zero-order valence-electron chi connectivity index (χ0n) is 11.3. The van der Waals surface area contributed by atoms with Crippen molar-refractivity contribution < 1.29 is 19.4 Å². The van der Waals surface area contributed by atoms with Gasteiger partial charge in [-0.25, -0.2) is 4.79 Å². The van der Waals surface area contributed by atoms with Crippen molar-refractivity contribution in [3.05, 3.63) is 22.7 Å². The number of carboxylic acids is 1. The quantitative estimate of drug-likeness (QED) is 0.772. The Hall–Kier alpha value is -1.46. The molecule has 0 unspecified atom stereocenters. The van der Waals surface area contributed by atoms with Gasteiger partial charge in [0.15, 0.2) is 18.1 Å². The minimum absolute atomic E-state index is 0.283. The van der Waals surface area contributed by atoms with Gasteiger partial charge in [-0.05, 0) is 37.5 Å². The van der Waals surface area contributed by atoms with E-state index in [4.69, 9.17) is 26.2 Å². The van der Waals surface area contributed by atoms with E-state index in [-0.39, 0.29) is 5.75 Å². The molecule has 1 aromatic carbocycles. The third-order valence-electron chi connectivity index (χ3n) is 2.88. The summed E-state index contributed by atoms with van der Waals surface area (Å²) in [5, 5.41) is 12.4. The maximum Gasteiger partial charge on any atom is 0.341 e. The molecule has 0 spiro atoms. The largest absolute Gasteiger partial charge is 0.490 e.